The van der Waals surface area contributed by atoms with Gasteiger partial charge in [-0.25, -0.2) is 0 Å². The van der Waals surface area contributed by atoms with Gasteiger partial charge < -0.3 is 19.8 Å². The monoisotopic (exact) mass is 528 g/mol. The topological polar surface area (TPSA) is 107 Å². The molecule has 2 aliphatic heterocycles. The molecule has 1 saturated carbocycles. The van der Waals surface area contributed by atoms with Gasteiger partial charge in [0.2, 0.25) is 5.91 Å². The van der Waals surface area contributed by atoms with Gasteiger partial charge in [-0.1, -0.05) is 31.9 Å². The van der Waals surface area contributed by atoms with Crippen molar-refractivity contribution in [2.45, 2.75) is 83.1 Å². The van der Waals surface area contributed by atoms with Crippen LogP contribution in [0.5, 0.6) is 5.75 Å². The van der Waals surface area contributed by atoms with Gasteiger partial charge in [0.25, 0.3) is 0 Å². The van der Waals surface area contributed by atoms with Crippen molar-refractivity contribution >= 4 is 17.7 Å². The number of hydrogen-bond acceptors (Lipinski definition) is 6. The van der Waals surface area contributed by atoms with Gasteiger partial charge >= 0.3 is 5.97 Å². The van der Waals surface area contributed by atoms with Gasteiger partial charge in [-0.05, 0) is 55.7 Å². The van der Waals surface area contributed by atoms with E-state index < -0.39 is 11.9 Å². The van der Waals surface area contributed by atoms with E-state index in [1.807, 2.05) is 17.0 Å². The second-order valence-corrected chi connectivity index (χ2v) is 11.2. The van der Waals surface area contributed by atoms with Crippen LogP contribution in [-0.4, -0.2) is 83.1 Å². The van der Waals surface area contributed by atoms with Gasteiger partial charge in [0.15, 0.2) is 0 Å². The van der Waals surface area contributed by atoms with E-state index in [4.69, 9.17) is 4.74 Å². The van der Waals surface area contributed by atoms with Crippen LogP contribution in [0.1, 0.15) is 81.8 Å². The largest absolute Gasteiger partial charge is 0.493 e. The van der Waals surface area contributed by atoms with E-state index in [0.717, 1.165) is 55.4 Å². The van der Waals surface area contributed by atoms with Crippen LogP contribution in [0.2, 0.25) is 0 Å². The van der Waals surface area contributed by atoms with E-state index in [1.165, 1.54) is 0 Å². The number of aliphatic hydroxyl groups excluding tert-OH is 1. The summed E-state index contributed by atoms with van der Waals surface area (Å²) in [5.41, 5.74) is 2.10. The summed E-state index contributed by atoms with van der Waals surface area (Å²) in [6.07, 6.45) is 7.97. The van der Waals surface area contributed by atoms with Crippen LogP contribution in [0.3, 0.4) is 0 Å². The number of carbonyl (C=O) groups is 3. The molecule has 1 aromatic rings. The lowest BCUT2D eigenvalue weighted by atomic mass is 9.80. The predicted molar refractivity (Wildman–Crippen MR) is 144 cm³/mol. The fraction of sp³-hybridized carbons (Fsp3) is 0.700. The molecule has 2 fully saturated rings. The van der Waals surface area contributed by atoms with Crippen LogP contribution < -0.4 is 4.74 Å². The van der Waals surface area contributed by atoms with Crippen molar-refractivity contribution in [3.8, 4) is 5.75 Å². The number of rotatable bonds is 13. The quantitative estimate of drug-likeness (QED) is 0.403. The van der Waals surface area contributed by atoms with Crippen molar-refractivity contribution in [2.75, 3.05) is 39.4 Å². The number of fused-ring (bicyclic) bond motifs is 1. The molecule has 3 aliphatic rings. The Hall–Kier alpha value is -2.45. The van der Waals surface area contributed by atoms with E-state index in [2.05, 4.69) is 17.9 Å². The number of likely N-dealkylation sites (tertiary alicyclic amines) is 1. The Morgan fingerprint density at radius 3 is 2.68 bits per heavy atom. The van der Waals surface area contributed by atoms with E-state index in [0.29, 0.717) is 57.7 Å². The Morgan fingerprint density at radius 2 is 1.95 bits per heavy atom. The van der Waals surface area contributed by atoms with E-state index in [9.17, 15) is 24.6 Å². The number of nitrogens with zero attached hydrogens (tertiary/aromatic N) is 2. The van der Waals surface area contributed by atoms with Crippen LogP contribution in [0.4, 0.5) is 0 Å². The van der Waals surface area contributed by atoms with E-state index in [1.54, 1.807) is 0 Å². The highest BCUT2D eigenvalue weighted by molar-refractivity contribution is 5.81. The molecule has 0 bridgehead atoms. The summed E-state index contributed by atoms with van der Waals surface area (Å²) in [6.45, 7) is 4.55. The SMILES string of the molecule is CCCCN(CCCO)C(=O)CN1C[C@H](c2ccc3c(c2)CCO3)[C@@H](C(=O)O)[C@@H]1CC[C@@H]1CCCCC1=O. The maximum atomic E-state index is 13.5. The summed E-state index contributed by atoms with van der Waals surface area (Å²) in [5.74, 6) is -0.578. The Morgan fingerprint density at radius 1 is 1.13 bits per heavy atom. The van der Waals surface area contributed by atoms with E-state index in [-0.39, 0.29) is 36.9 Å². The number of aliphatic carboxylic acids is 1. The first-order chi connectivity index (χ1) is 18.4. The number of carbonyl (C=O) groups excluding carboxylic acids is 2. The van der Waals surface area contributed by atoms with Crippen molar-refractivity contribution in [1.82, 2.24) is 9.80 Å². The molecule has 1 saturated heterocycles. The highest BCUT2D eigenvalue weighted by atomic mass is 16.5. The summed E-state index contributed by atoms with van der Waals surface area (Å²) in [7, 11) is 0. The summed E-state index contributed by atoms with van der Waals surface area (Å²) in [5, 5.41) is 19.8. The molecule has 0 radical (unpaired) electrons. The molecule has 4 rings (SSSR count). The van der Waals surface area contributed by atoms with Crippen LogP contribution >= 0.6 is 0 Å². The van der Waals surface area contributed by atoms with E-state index >= 15 is 0 Å². The third-order valence-corrected chi connectivity index (χ3v) is 8.73. The van der Waals surface area contributed by atoms with Crippen LogP contribution in [-0.2, 0) is 20.8 Å². The van der Waals surface area contributed by atoms with Gasteiger partial charge in [0.1, 0.15) is 11.5 Å². The predicted octanol–water partition coefficient (Wildman–Crippen LogP) is 3.64. The number of ether oxygens (including phenoxy) is 1. The summed E-state index contributed by atoms with van der Waals surface area (Å²) >= 11 is 0. The van der Waals surface area contributed by atoms with Crippen molar-refractivity contribution in [3.05, 3.63) is 29.3 Å². The maximum absolute atomic E-state index is 13.5. The molecule has 2 heterocycles. The van der Waals surface area contributed by atoms with Crippen LogP contribution in [0, 0.1) is 11.8 Å². The molecular weight excluding hydrogens is 484 g/mol. The zero-order valence-corrected chi connectivity index (χ0v) is 22.8. The first-order valence-electron chi connectivity index (χ1n) is 14.6. The van der Waals surface area contributed by atoms with Crippen LogP contribution in [0.25, 0.3) is 0 Å². The minimum Gasteiger partial charge on any atom is -0.493 e. The van der Waals surface area contributed by atoms with Gasteiger partial charge in [-0.2, -0.15) is 0 Å². The Labute approximate surface area is 226 Å². The lowest BCUT2D eigenvalue weighted by Crippen LogP contribution is -2.45. The Kier molecular flexibility index (Phi) is 10.2. The number of amides is 1. The molecule has 210 valence electrons. The number of ketones is 1. The fourth-order valence-electron chi connectivity index (χ4n) is 6.61. The zero-order chi connectivity index (χ0) is 27.1. The lowest BCUT2D eigenvalue weighted by Gasteiger charge is -2.31. The molecule has 0 unspecified atom stereocenters. The second kappa shape index (κ2) is 13.6. The molecule has 0 aromatic heterocycles. The third kappa shape index (κ3) is 6.75. The molecule has 1 aliphatic carbocycles. The standard InChI is InChI=1S/C30H44N2O6/c1-2-3-14-31(15-6-16-33)28(35)20-32-19-24(22-10-12-27-23(18-22)13-17-38-27)29(30(36)37)25(32)11-9-21-7-4-5-8-26(21)34/h10,12,18,21,24-25,29,33H,2-9,11,13-17,19-20H2,1H3,(H,36,37)/t21-,24+,25-,29+/m0/s1. The molecule has 8 nitrogen and oxygen atoms in total. The zero-order valence-electron chi connectivity index (χ0n) is 22.8. The molecule has 1 aromatic carbocycles. The fourth-order valence-corrected chi connectivity index (χ4v) is 6.61. The number of aliphatic hydroxyl groups is 1. The first-order valence-corrected chi connectivity index (χ1v) is 14.6. The molecular formula is C30H44N2O6. The molecule has 1 amide bonds. The molecule has 8 heteroatoms. The smallest absolute Gasteiger partial charge is 0.308 e. The third-order valence-electron chi connectivity index (χ3n) is 8.73. The van der Waals surface area contributed by atoms with Gasteiger partial charge in [0.05, 0.1) is 19.1 Å². The number of carboxylic acid groups (broad SMARTS) is 1. The molecule has 0 spiro atoms. The van der Waals surface area contributed by atoms with Crippen molar-refractivity contribution < 1.29 is 29.3 Å². The van der Waals surface area contributed by atoms with Gasteiger partial charge in [-0.3, -0.25) is 19.3 Å². The Balaban J connectivity index is 1.57. The average molecular weight is 529 g/mol. The number of hydrogen-bond donors (Lipinski definition) is 2. The lowest BCUT2D eigenvalue weighted by molar-refractivity contribution is -0.144. The molecule has 2 N–H and O–H groups in total. The van der Waals surface area contributed by atoms with Gasteiger partial charge in [0, 0.05) is 57.0 Å². The molecule has 38 heavy (non-hydrogen) atoms. The van der Waals surface area contributed by atoms with Crippen LogP contribution in [0.15, 0.2) is 18.2 Å². The minimum atomic E-state index is -0.843. The van der Waals surface area contributed by atoms with Crippen molar-refractivity contribution in [2.24, 2.45) is 11.8 Å². The number of benzene rings is 1. The highest BCUT2D eigenvalue weighted by Gasteiger charge is 2.47. The number of unbranched alkanes of at least 4 members (excludes halogenated alkanes) is 1. The minimum absolute atomic E-state index is 0.00227. The highest BCUT2D eigenvalue weighted by Crippen LogP contribution is 2.42. The summed E-state index contributed by atoms with van der Waals surface area (Å²) < 4.78 is 5.67. The first kappa shape index (κ1) is 28.6. The Bertz CT molecular complexity index is 973. The normalized spacial score (nSPS) is 25.3. The van der Waals surface area contributed by atoms with Crippen molar-refractivity contribution in [1.29, 1.82) is 0 Å². The van der Waals surface area contributed by atoms with Gasteiger partial charge in [-0.15, -0.1) is 0 Å². The summed E-state index contributed by atoms with van der Waals surface area (Å²) in [4.78, 5) is 42.6. The maximum Gasteiger partial charge on any atom is 0.308 e. The van der Waals surface area contributed by atoms with Crippen molar-refractivity contribution in [3.63, 3.8) is 0 Å². The number of Topliss-reactive ketones (excluding diaryl/α,β-unsaturated/α-hetero) is 1. The number of carboxylic acids is 1. The second-order valence-electron chi connectivity index (χ2n) is 11.2. The average Bonchev–Trinajstić information content (AvgIpc) is 3.52. The summed E-state index contributed by atoms with van der Waals surface area (Å²) in [6, 6.07) is 5.70. The molecule has 4 atom stereocenters.